The molecule has 0 N–H and O–H groups in total. The lowest BCUT2D eigenvalue weighted by atomic mass is 10.2. The molecule has 3 rings (SSSR count). The molecule has 0 radical (unpaired) electrons. The highest BCUT2D eigenvalue weighted by atomic mass is 16.6. The summed E-state index contributed by atoms with van der Waals surface area (Å²) < 4.78 is 7.50. The van der Waals surface area contributed by atoms with Crippen molar-refractivity contribution in [1.29, 1.82) is 0 Å². The topological polar surface area (TPSA) is 63.5 Å². The minimum atomic E-state index is -0.466. The van der Waals surface area contributed by atoms with Crippen LogP contribution in [0.2, 0.25) is 0 Å². The highest BCUT2D eigenvalue weighted by molar-refractivity contribution is 5.68. The second-order valence-electron chi connectivity index (χ2n) is 8.34. The van der Waals surface area contributed by atoms with Crippen molar-refractivity contribution >= 4 is 6.09 Å². The Balaban J connectivity index is 1.63. The molecule has 1 aromatic carbocycles. The van der Waals surface area contributed by atoms with E-state index in [9.17, 15) is 4.79 Å². The Hall–Kier alpha value is -2.41. The molecule has 1 amide bonds. The van der Waals surface area contributed by atoms with E-state index in [1.165, 1.54) is 5.56 Å². The number of ether oxygens (including phenoxy) is 1. The third kappa shape index (κ3) is 5.32. The van der Waals surface area contributed by atoms with Gasteiger partial charge in [-0.15, -0.1) is 5.10 Å². The quantitative estimate of drug-likeness (QED) is 0.808. The Bertz CT molecular complexity index is 769. The fourth-order valence-electron chi connectivity index (χ4n) is 3.49. The van der Waals surface area contributed by atoms with Crippen LogP contribution in [0.3, 0.4) is 0 Å². The van der Waals surface area contributed by atoms with Gasteiger partial charge in [0.2, 0.25) is 0 Å². The molecule has 1 aliphatic heterocycles. The fourth-order valence-corrected chi connectivity index (χ4v) is 3.49. The molecule has 2 heterocycles. The number of hydrogen-bond acceptors (Lipinski definition) is 5. The van der Waals surface area contributed by atoms with E-state index in [0.717, 1.165) is 31.7 Å². The average molecular weight is 386 g/mol. The van der Waals surface area contributed by atoms with Crippen LogP contribution in [-0.4, -0.2) is 62.7 Å². The summed E-state index contributed by atoms with van der Waals surface area (Å²) in [5.41, 5.74) is 1.83. The minimum absolute atomic E-state index is 0.178. The maximum Gasteiger partial charge on any atom is 0.410 e. The monoisotopic (exact) mass is 385 g/mol. The summed E-state index contributed by atoms with van der Waals surface area (Å²) in [6.45, 7) is 11.7. The predicted octanol–water partition coefficient (Wildman–Crippen LogP) is 3.33. The number of nitrogens with zero attached hydrogens (tertiary/aromatic N) is 5. The number of rotatable bonds is 4. The molecule has 0 saturated carbocycles. The maximum absolute atomic E-state index is 12.4. The van der Waals surface area contributed by atoms with Gasteiger partial charge in [0.1, 0.15) is 5.60 Å². The van der Waals surface area contributed by atoms with Crippen LogP contribution in [0.1, 0.15) is 51.4 Å². The van der Waals surface area contributed by atoms with Gasteiger partial charge in [-0.25, -0.2) is 9.48 Å². The van der Waals surface area contributed by atoms with Crippen LogP contribution in [0.5, 0.6) is 0 Å². The summed E-state index contributed by atoms with van der Waals surface area (Å²) in [4.78, 5) is 16.6. The third-order valence-electron chi connectivity index (χ3n) is 4.98. The Morgan fingerprint density at radius 2 is 1.89 bits per heavy atom. The zero-order chi connectivity index (χ0) is 20.1. The predicted molar refractivity (Wildman–Crippen MR) is 108 cm³/mol. The van der Waals surface area contributed by atoms with Gasteiger partial charge >= 0.3 is 6.09 Å². The zero-order valence-corrected chi connectivity index (χ0v) is 17.3. The molecule has 1 unspecified atom stereocenters. The van der Waals surface area contributed by atoms with Crippen LogP contribution < -0.4 is 0 Å². The van der Waals surface area contributed by atoms with Crippen molar-refractivity contribution in [2.45, 2.75) is 52.3 Å². The third-order valence-corrected chi connectivity index (χ3v) is 4.98. The summed E-state index contributed by atoms with van der Waals surface area (Å²) in [6.07, 6.45) is 2.55. The van der Waals surface area contributed by atoms with Crippen LogP contribution in [-0.2, 0) is 11.3 Å². The van der Waals surface area contributed by atoms with Crippen LogP contribution >= 0.6 is 0 Å². The smallest absolute Gasteiger partial charge is 0.410 e. The van der Waals surface area contributed by atoms with Gasteiger partial charge < -0.3 is 9.64 Å². The summed E-state index contributed by atoms with van der Waals surface area (Å²) in [6, 6.07) is 10.5. The van der Waals surface area contributed by atoms with E-state index in [0.29, 0.717) is 13.1 Å². The number of amides is 1. The van der Waals surface area contributed by atoms with E-state index in [-0.39, 0.29) is 12.1 Å². The minimum Gasteiger partial charge on any atom is -0.444 e. The van der Waals surface area contributed by atoms with Crippen molar-refractivity contribution in [2.75, 3.05) is 26.2 Å². The normalized spacial score (nSPS) is 17.2. The molecule has 1 aliphatic rings. The molecule has 0 spiro atoms. The van der Waals surface area contributed by atoms with E-state index >= 15 is 0 Å². The van der Waals surface area contributed by atoms with E-state index < -0.39 is 5.60 Å². The molecule has 28 heavy (non-hydrogen) atoms. The Labute approximate surface area is 167 Å². The van der Waals surface area contributed by atoms with Crippen molar-refractivity contribution in [3.8, 4) is 0 Å². The molecule has 1 aromatic heterocycles. The Kier molecular flexibility index (Phi) is 6.34. The van der Waals surface area contributed by atoms with E-state index in [4.69, 9.17) is 4.74 Å². The first-order valence-electron chi connectivity index (χ1n) is 9.98. The number of aromatic nitrogens is 3. The summed E-state index contributed by atoms with van der Waals surface area (Å²) in [5, 5.41) is 8.43. The van der Waals surface area contributed by atoms with Gasteiger partial charge in [0.05, 0.1) is 24.5 Å². The first-order chi connectivity index (χ1) is 13.3. The molecular formula is C21H31N5O2. The number of benzene rings is 1. The van der Waals surface area contributed by atoms with Gasteiger partial charge in [0.25, 0.3) is 0 Å². The average Bonchev–Trinajstić information content (AvgIpc) is 2.95. The fraction of sp³-hybridized carbons (Fsp3) is 0.571. The van der Waals surface area contributed by atoms with Gasteiger partial charge in [0, 0.05) is 26.2 Å². The molecule has 7 nitrogen and oxygen atoms in total. The second-order valence-corrected chi connectivity index (χ2v) is 8.34. The number of carbonyl (C=O) groups is 1. The molecule has 7 heteroatoms. The van der Waals surface area contributed by atoms with Gasteiger partial charge in [0.15, 0.2) is 0 Å². The number of carbonyl (C=O) groups excluding carboxylic acids is 1. The van der Waals surface area contributed by atoms with Crippen molar-refractivity contribution in [2.24, 2.45) is 0 Å². The molecular weight excluding hydrogens is 354 g/mol. The maximum atomic E-state index is 12.4. The molecule has 1 fully saturated rings. The molecule has 0 bridgehead atoms. The molecule has 152 valence electrons. The highest BCUT2D eigenvalue weighted by Gasteiger charge is 2.27. The van der Waals surface area contributed by atoms with Gasteiger partial charge in [-0.05, 0) is 39.7 Å². The second kappa shape index (κ2) is 8.73. The first-order valence-corrected chi connectivity index (χ1v) is 9.98. The highest BCUT2D eigenvalue weighted by Crippen LogP contribution is 2.22. The molecule has 2 aromatic rings. The summed E-state index contributed by atoms with van der Waals surface area (Å²) in [7, 11) is 0. The summed E-state index contributed by atoms with van der Waals surface area (Å²) in [5.74, 6) is 0. The van der Waals surface area contributed by atoms with Gasteiger partial charge in [-0.2, -0.15) is 0 Å². The lowest BCUT2D eigenvalue weighted by Gasteiger charge is -2.28. The molecule has 0 aliphatic carbocycles. The van der Waals surface area contributed by atoms with Crippen LogP contribution in [0.15, 0.2) is 36.5 Å². The number of hydrogen-bond donors (Lipinski definition) is 0. The largest absolute Gasteiger partial charge is 0.444 e. The van der Waals surface area contributed by atoms with Gasteiger partial charge in [-0.1, -0.05) is 35.5 Å². The van der Waals surface area contributed by atoms with Crippen LogP contribution in [0, 0.1) is 0 Å². The van der Waals surface area contributed by atoms with Crippen molar-refractivity contribution in [3.63, 3.8) is 0 Å². The Morgan fingerprint density at radius 1 is 1.14 bits per heavy atom. The standard InChI is InChI=1S/C21H31N5O2/c1-17(19-15-22-23-26(19)16-18-9-6-5-7-10-18)24-11-8-12-25(14-13-24)20(27)28-21(2,3)4/h5-7,9-10,15,17H,8,11-14,16H2,1-4H3. The van der Waals surface area contributed by atoms with Crippen molar-refractivity contribution < 1.29 is 9.53 Å². The van der Waals surface area contributed by atoms with Gasteiger partial charge in [-0.3, -0.25) is 4.90 Å². The van der Waals surface area contributed by atoms with E-state index in [1.54, 1.807) is 0 Å². The van der Waals surface area contributed by atoms with E-state index in [2.05, 4.69) is 34.3 Å². The van der Waals surface area contributed by atoms with Crippen molar-refractivity contribution in [1.82, 2.24) is 24.8 Å². The molecule has 1 saturated heterocycles. The van der Waals surface area contributed by atoms with Crippen molar-refractivity contribution in [3.05, 3.63) is 47.8 Å². The summed E-state index contributed by atoms with van der Waals surface area (Å²) >= 11 is 0. The van der Waals surface area contributed by atoms with Crippen LogP contribution in [0.4, 0.5) is 4.79 Å². The first kappa shape index (κ1) is 20.3. The van der Waals surface area contributed by atoms with E-state index in [1.807, 2.05) is 54.7 Å². The van der Waals surface area contributed by atoms with Crippen LogP contribution in [0.25, 0.3) is 0 Å². The lowest BCUT2D eigenvalue weighted by molar-refractivity contribution is 0.0255. The lowest BCUT2D eigenvalue weighted by Crippen LogP contribution is -2.39. The zero-order valence-electron chi connectivity index (χ0n) is 17.3. The SMILES string of the molecule is CC(c1cnnn1Cc1ccccc1)N1CCCN(C(=O)OC(C)(C)C)CC1. The Morgan fingerprint density at radius 3 is 2.61 bits per heavy atom. The molecule has 1 atom stereocenters.